The summed E-state index contributed by atoms with van der Waals surface area (Å²) in [5.74, 6) is 0.793. The van der Waals surface area contributed by atoms with Crippen molar-refractivity contribution in [2.24, 2.45) is 0 Å². The van der Waals surface area contributed by atoms with Crippen LogP contribution in [-0.2, 0) is 0 Å². The lowest BCUT2D eigenvalue weighted by Crippen LogP contribution is -1.95. The van der Waals surface area contributed by atoms with E-state index in [0.717, 1.165) is 6.42 Å². The predicted molar refractivity (Wildman–Crippen MR) is 82.3 cm³/mol. The number of halogens is 1. The van der Waals surface area contributed by atoms with Gasteiger partial charge in [-0.15, -0.1) is 0 Å². The van der Waals surface area contributed by atoms with Crippen LogP contribution in [0.25, 0.3) is 0 Å². The van der Waals surface area contributed by atoms with E-state index in [1.165, 1.54) is 11.6 Å². The van der Waals surface area contributed by atoms with Gasteiger partial charge < -0.3 is 9.84 Å². The number of ether oxygens (including phenoxy) is 1. The van der Waals surface area contributed by atoms with Crippen LogP contribution >= 0.6 is 0 Å². The van der Waals surface area contributed by atoms with Gasteiger partial charge in [0, 0.05) is 0 Å². The van der Waals surface area contributed by atoms with Crippen LogP contribution < -0.4 is 4.74 Å². The quantitative estimate of drug-likeness (QED) is 0.821. The van der Waals surface area contributed by atoms with Crippen LogP contribution in [0.5, 0.6) is 11.5 Å². The minimum Gasteiger partial charge on any atom is -0.454 e. The molecule has 0 bridgehead atoms. The summed E-state index contributed by atoms with van der Waals surface area (Å²) in [7, 11) is 0. The summed E-state index contributed by atoms with van der Waals surface area (Å²) in [5.41, 5.74) is 1.78. The molecule has 3 heteroatoms. The third-order valence-corrected chi connectivity index (χ3v) is 3.73. The monoisotopic (exact) mass is 288 g/mol. The van der Waals surface area contributed by atoms with Crippen LogP contribution in [0.1, 0.15) is 50.3 Å². The smallest absolute Gasteiger partial charge is 0.166 e. The zero-order valence-corrected chi connectivity index (χ0v) is 12.6. The van der Waals surface area contributed by atoms with Crippen molar-refractivity contribution < 1.29 is 14.2 Å². The van der Waals surface area contributed by atoms with Gasteiger partial charge in [0.25, 0.3) is 0 Å². The van der Waals surface area contributed by atoms with Crippen LogP contribution in [0.3, 0.4) is 0 Å². The minimum absolute atomic E-state index is 0.163. The Labute approximate surface area is 125 Å². The van der Waals surface area contributed by atoms with Gasteiger partial charge in [0.05, 0.1) is 6.10 Å². The Balaban J connectivity index is 2.15. The maximum absolute atomic E-state index is 13.9. The van der Waals surface area contributed by atoms with Crippen molar-refractivity contribution in [3.05, 3.63) is 59.4 Å². The van der Waals surface area contributed by atoms with Gasteiger partial charge in [0.2, 0.25) is 0 Å². The first-order chi connectivity index (χ1) is 10.0. The molecule has 0 aliphatic heterocycles. The molecule has 0 aliphatic carbocycles. The Morgan fingerprint density at radius 2 is 1.67 bits per heavy atom. The molecule has 112 valence electrons. The van der Waals surface area contributed by atoms with E-state index in [1.807, 2.05) is 24.3 Å². The fraction of sp³-hybridized carbons (Fsp3) is 0.333. The number of hydrogen-bond donors (Lipinski definition) is 1. The standard InChI is InChI=1S/C18H21FO2/c1-4-12(2)14-5-8-16(9-6-14)21-18-10-7-15(13(3)20)11-17(18)19/h5-13,20H,4H2,1-3H3/t12?,13-/m1/s1. The highest BCUT2D eigenvalue weighted by Gasteiger charge is 2.09. The van der Waals surface area contributed by atoms with E-state index in [-0.39, 0.29) is 5.75 Å². The van der Waals surface area contributed by atoms with Crippen molar-refractivity contribution in [2.45, 2.75) is 39.2 Å². The number of aliphatic hydroxyl groups excluding tert-OH is 1. The van der Waals surface area contributed by atoms with Crippen molar-refractivity contribution >= 4 is 0 Å². The van der Waals surface area contributed by atoms with Gasteiger partial charge in [-0.2, -0.15) is 0 Å². The van der Waals surface area contributed by atoms with Crippen LogP contribution in [0, 0.1) is 5.82 Å². The lowest BCUT2D eigenvalue weighted by molar-refractivity contribution is 0.198. The molecule has 0 spiro atoms. The molecule has 2 rings (SSSR count). The molecule has 1 unspecified atom stereocenters. The number of benzene rings is 2. The molecule has 0 radical (unpaired) electrons. The largest absolute Gasteiger partial charge is 0.454 e. The molecule has 2 aromatic carbocycles. The lowest BCUT2D eigenvalue weighted by atomic mass is 9.99. The van der Waals surface area contributed by atoms with Crippen molar-refractivity contribution in [1.29, 1.82) is 0 Å². The van der Waals surface area contributed by atoms with E-state index in [2.05, 4.69) is 13.8 Å². The number of aliphatic hydroxyl groups is 1. The van der Waals surface area contributed by atoms with E-state index in [0.29, 0.717) is 17.2 Å². The number of rotatable bonds is 5. The Morgan fingerprint density at radius 3 is 2.19 bits per heavy atom. The molecule has 0 saturated carbocycles. The third-order valence-electron chi connectivity index (χ3n) is 3.73. The highest BCUT2D eigenvalue weighted by atomic mass is 19.1. The first-order valence-electron chi connectivity index (χ1n) is 7.26. The minimum atomic E-state index is -0.691. The molecule has 2 aromatic rings. The lowest BCUT2D eigenvalue weighted by Gasteiger charge is -2.12. The third kappa shape index (κ3) is 3.82. The van der Waals surface area contributed by atoms with Gasteiger partial charge in [0.1, 0.15) is 5.75 Å². The summed E-state index contributed by atoms with van der Waals surface area (Å²) in [4.78, 5) is 0. The summed E-state index contributed by atoms with van der Waals surface area (Å²) in [6.45, 7) is 5.92. The zero-order chi connectivity index (χ0) is 15.4. The second-order valence-electron chi connectivity index (χ2n) is 5.35. The predicted octanol–water partition coefficient (Wildman–Crippen LogP) is 5.18. The number of hydrogen-bond acceptors (Lipinski definition) is 2. The Morgan fingerprint density at radius 1 is 1.05 bits per heavy atom. The SMILES string of the molecule is CCC(C)c1ccc(Oc2ccc([C@@H](C)O)cc2F)cc1. The summed E-state index contributed by atoms with van der Waals surface area (Å²) in [6, 6.07) is 12.2. The average Bonchev–Trinajstić information content (AvgIpc) is 2.49. The second kappa shape index (κ2) is 6.72. The van der Waals surface area contributed by atoms with Gasteiger partial charge >= 0.3 is 0 Å². The first kappa shape index (κ1) is 15.5. The highest BCUT2D eigenvalue weighted by molar-refractivity contribution is 5.36. The maximum Gasteiger partial charge on any atom is 0.166 e. The summed E-state index contributed by atoms with van der Waals surface area (Å²) >= 11 is 0. The summed E-state index contributed by atoms with van der Waals surface area (Å²) in [6.07, 6.45) is 0.388. The first-order valence-corrected chi connectivity index (χ1v) is 7.26. The zero-order valence-electron chi connectivity index (χ0n) is 12.6. The van der Waals surface area contributed by atoms with E-state index in [4.69, 9.17) is 4.74 Å². The van der Waals surface area contributed by atoms with E-state index in [9.17, 15) is 9.50 Å². The Kier molecular flexibility index (Phi) is 4.97. The summed E-state index contributed by atoms with van der Waals surface area (Å²) in [5, 5.41) is 9.43. The van der Waals surface area contributed by atoms with Crippen molar-refractivity contribution in [3.63, 3.8) is 0 Å². The molecular formula is C18H21FO2. The van der Waals surface area contributed by atoms with Gasteiger partial charge in [-0.1, -0.05) is 32.0 Å². The fourth-order valence-corrected chi connectivity index (χ4v) is 2.09. The second-order valence-corrected chi connectivity index (χ2v) is 5.35. The topological polar surface area (TPSA) is 29.5 Å². The van der Waals surface area contributed by atoms with Gasteiger partial charge in [-0.25, -0.2) is 4.39 Å². The van der Waals surface area contributed by atoms with E-state index in [1.54, 1.807) is 19.1 Å². The van der Waals surface area contributed by atoms with Crippen molar-refractivity contribution in [3.8, 4) is 11.5 Å². The molecule has 0 fully saturated rings. The summed E-state index contributed by atoms with van der Waals surface area (Å²) < 4.78 is 19.5. The molecule has 0 aliphatic rings. The molecule has 0 heterocycles. The van der Waals surface area contributed by atoms with E-state index >= 15 is 0 Å². The van der Waals surface area contributed by atoms with E-state index < -0.39 is 11.9 Å². The molecule has 0 aromatic heterocycles. The Bertz CT molecular complexity index is 591. The highest BCUT2D eigenvalue weighted by Crippen LogP contribution is 2.28. The molecule has 21 heavy (non-hydrogen) atoms. The van der Waals surface area contributed by atoms with Crippen molar-refractivity contribution in [1.82, 2.24) is 0 Å². The molecule has 2 nitrogen and oxygen atoms in total. The molecular weight excluding hydrogens is 267 g/mol. The van der Waals surface area contributed by atoms with Gasteiger partial charge in [0.15, 0.2) is 11.6 Å². The van der Waals surface area contributed by atoms with Gasteiger partial charge in [-0.05, 0) is 54.7 Å². The molecule has 1 N–H and O–H groups in total. The van der Waals surface area contributed by atoms with Crippen LogP contribution in [0.2, 0.25) is 0 Å². The van der Waals surface area contributed by atoms with Crippen LogP contribution in [0.15, 0.2) is 42.5 Å². The molecule has 0 amide bonds. The molecule has 2 atom stereocenters. The van der Waals surface area contributed by atoms with Gasteiger partial charge in [-0.3, -0.25) is 0 Å². The van der Waals surface area contributed by atoms with Crippen LogP contribution in [0.4, 0.5) is 4.39 Å². The van der Waals surface area contributed by atoms with Crippen LogP contribution in [-0.4, -0.2) is 5.11 Å². The average molecular weight is 288 g/mol. The molecule has 0 saturated heterocycles. The normalized spacial score (nSPS) is 13.8. The maximum atomic E-state index is 13.9. The Hall–Kier alpha value is -1.87. The fourth-order valence-electron chi connectivity index (χ4n) is 2.09. The van der Waals surface area contributed by atoms with Crippen molar-refractivity contribution in [2.75, 3.05) is 0 Å².